The zero-order chi connectivity index (χ0) is 20.4. The summed E-state index contributed by atoms with van der Waals surface area (Å²) in [4.78, 5) is 0. The third-order valence-electron chi connectivity index (χ3n) is 6.03. The second-order valence-electron chi connectivity index (χ2n) is 7.82. The molecule has 31 heavy (non-hydrogen) atoms. The molecule has 6 aromatic rings. The Morgan fingerprint density at radius 2 is 1.26 bits per heavy atom. The van der Waals surface area contributed by atoms with Gasteiger partial charge >= 0.3 is 0 Å². The van der Waals surface area contributed by atoms with E-state index in [-0.39, 0.29) is 0 Å². The predicted octanol–water partition coefficient (Wildman–Crippen LogP) is 9.02. The highest BCUT2D eigenvalue weighted by molar-refractivity contribution is 7.68. The maximum absolute atomic E-state index is 6.42. The van der Waals surface area contributed by atoms with E-state index in [1.807, 2.05) is 24.3 Å². The lowest BCUT2D eigenvalue weighted by Gasteiger charge is -2.21. The monoisotopic (exact) mass is 416 g/mol. The second-order valence-corrected chi connectivity index (χ2v) is 9.97. The van der Waals surface area contributed by atoms with Gasteiger partial charge in [-0.05, 0) is 51.8 Å². The van der Waals surface area contributed by atoms with E-state index in [4.69, 9.17) is 9.47 Å². The fraction of sp³-hybridized carbons (Fsp3) is 0. The zero-order valence-corrected chi connectivity index (χ0v) is 17.5. The fourth-order valence-corrected chi connectivity index (χ4v) is 7.27. The van der Waals surface area contributed by atoms with Crippen molar-refractivity contribution < 1.29 is 9.47 Å². The summed E-state index contributed by atoms with van der Waals surface area (Å²) in [6.45, 7) is 0. The van der Waals surface area contributed by atoms with Gasteiger partial charge in [0.15, 0.2) is 23.0 Å². The standard InChI is InChI=1S/C28H17O2P/c1-2-8-19-17-20(14-13-18(19)7-1)31-25-12-6-3-9-21(25)27-26(31)16-15-24-28(27)30-23-11-5-4-10-22(23)29-24/h1-17H. The molecular weight excluding hydrogens is 399 g/mol. The number of benzene rings is 5. The first-order valence-corrected chi connectivity index (χ1v) is 11.7. The Balaban J connectivity index is 1.56. The fourth-order valence-electron chi connectivity index (χ4n) is 4.63. The van der Waals surface area contributed by atoms with Crippen LogP contribution in [0.3, 0.4) is 0 Å². The maximum atomic E-state index is 6.42. The Morgan fingerprint density at radius 1 is 0.516 bits per heavy atom. The minimum Gasteiger partial charge on any atom is -0.449 e. The summed E-state index contributed by atoms with van der Waals surface area (Å²) in [6, 6.07) is 36.3. The average molecular weight is 416 g/mol. The quantitative estimate of drug-likeness (QED) is 0.266. The molecule has 0 bridgehead atoms. The molecule has 1 unspecified atom stereocenters. The van der Waals surface area contributed by atoms with Crippen LogP contribution in [0.2, 0.25) is 0 Å². The van der Waals surface area contributed by atoms with Crippen molar-refractivity contribution in [3.05, 3.63) is 103 Å². The molecule has 5 aromatic carbocycles. The zero-order valence-electron chi connectivity index (χ0n) is 16.6. The SMILES string of the molecule is c1ccc2c(c1)Oc1ccc3c(c1O2)c1ccccc1p3-c1ccc2ccccc2c1. The van der Waals surface area contributed by atoms with Gasteiger partial charge in [-0.15, -0.1) is 0 Å². The Morgan fingerprint density at radius 3 is 2.16 bits per heavy atom. The largest absolute Gasteiger partial charge is 0.449 e. The molecule has 0 fully saturated rings. The van der Waals surface area contributed by atoms with Gasteiger partial charge in [0, 0.05) is 15.6 Å². The van der Waals surface area contributed by atoms with Gasteiger partial charge in [0.2, 0.25) is 0 Å². The Hall–Kier alpha value is -3.74. The van der Waals surface area contributed by atoms with Crippen LogP contribution in [0.4, 0.5) is 0 Å². The number of hydrogen-bond donors (Lipinski definition) is 0. The van der Waals surface area contributed by atoms with Crippen LogP contribution in [0.1, 0.15) is 0 Å². The van der Waals surface area contributed by atoms with Crippen LogP contribution in [0.5, 0.6) is 23.0 Å². The van der Waals surface area contributed by atoms with E-state index < -0.39 is 7.53 Å². The molecule has 1 aromatic heterocycles. The maximum Gasteiger partial charge on any atom is 0.178 e. The van der Waals surface area contributed by atoms with Gasteiger partial charge in [-0.2, -0.15) is 0 Å². The van der Waals surface area contributed by atoms with Crippen molar-refractivity contribution in [3.63, 3.8) is 0 Å². The summed E-state index contributed by atoms with van der Waals surface area (Å²) in [7, 11) is -0.663. The molecule has 0 radical (unpaired) electrons. The molecule has 1 aliphatic rings. The summed E-state index contributed by atoms with van der Waals surface area (Å²) in [5.41, 5.74) is 0. The van der Waals surface area contributed by atoms with Crippen molar-refractivity contribution in [2.24, 2.45) is 0 Å². The average Bonchev–Trinajstić information content (AvgIpc) is 3.17. The molecule has 0 amide bonds. The summed E-state index contributed by atoms with van der Waals surface area (Å²) < 4.78 is 12.6. The number of ether oxygens (including phenoxy) is 2. The van der Waals surface area contributed by atoms with Crippen LogP contribution in [-0.4, -0.2) is 0 Å². The van der Waals surface area contributed by atoms with Crippen LogP contribution >= 0.6 is 7.53 Å². The van der Waals surface area contributed by atoms with Crippen LogP contribution in [0.25, 0.3) is 37.1 Å². The third kappa shape index (κ3) is 2.46. The van der Waals surface area contributed by atoms with E-state index in [9.17, 15) is 0 Å². The van der Waals surface area contributed by atoms with Crippen molar-refractivity contribution in [2.75, 3.05) is 0 Å². The van der Waals surface area contributed by atoms with Crippen molar-refractivity contribution in [1.29, 1.82) is 0 Å². The lowest BCUT2D eigenvalue weighted by atomic mass is 10.1. The molecule has 146 valence electrons. The van der Waals surface area contributed by atoms with E-state index in [1.165, 1.54) is 37.1 Å². The summed E-state index contributed by atoms with van der Waals surface area (Å²) in [5, 5.41) is 9.02. The van der Waals surface area contributed by atoms with E-state index >= 15 is 0 Å². The summed E-state index contributed by atoms with van der Waals surface area (Å²) >= 11 is 0. The molecule has 7 rings (SSSR count). The van der Waals surface area contributed by atoms with Gasteiger partial charge in [-0.1, -0.05) is 80.3 Å². The summed E-state index contributed by atoms with van der Waals surface area (Å²) in [6.07, 6.45) is 0. The molecule has 3 heteroatoms. The van der Waals surface area contributed by atoms with Crippen LogP contribution in [0, 0.1) is 0 Å². The van der Waals surface area contributed by atoms with Gasteiger partial charge in [0.1, 0.15) is 0 Å². The first kappa shape index (κ1) is 17.0. The van der Waals surface area contributed by atoms with E-state index in [0.29, 0.717) is 0 Å². The van der Waals surface area contributed by atoms with Gasteiger partial charge in [-0.3, -0.25) is 0 Å². The van der Waals surface area contributed by atoms with E-state index in [1.54, 1.807) is 0 Å². The highest BCUT2D eigenvalue weighted by Crippen LogP contribution is 2.60. The molecule has 0 saturated heterocycles. The first-order valence-electron chi connectivity index (χ1n) is 10.4. The number of fused-ring (bicyclic) bond motifs is 7. The normalized spacial score (nSPS) is 13.0. The summed E-state index contributed by atoms with van der Waals surface area (Å²) in [5.74, 6) is 3.14. The Labute approximate surface area is 180 Å². The number of rotatable bonds is 1. The minimum atomic E-state index is -0.663. The number of hydrogen-bond acceptors (Lipinski definition) is 2. The van der Waals surface area contributed by atoms with E-state index in [2.05, 4.69) is 78.9 Å². The topological polar surface area (TPSA) is 18.5 Å². The molecule has 1 aliphatic heterocycles. The Kier molecular flexibility index (Phi) is 3.50. The van der Waals surface area contributed by atoms with Crippen molar-refractivity contribution in [2.45, 2.75) is 0 Å². The highest BCUT2D eigenvalue weighted by Gasteiger charge is 2.25. The Bertz CT molecular complexity index is 1640. The molecule has 0 aliphatic carbocycles. The molecule has 0 spiro atoms. The molecule has 2 heterocycles. The van der Waals surface area contributed by atoms with Crippen molar-refractivity contribution in [1.82, 2.24) is 0 Å². The molecule has 0 N–H and O–H groups in total. The van der Waals surface area contributed by atoms with Crippen LogP contribution in [0.15, 0.2) is 103 Å². The second kappa shape index (κ2) is 6.38. The van der Waals surface area contributed by atoms with Gasteiger partial charge < -0.3 is 9.47 Å². The van der Waals surface area contributed by atoms with Gasteiger partial charge in [-0.25, -0.2) is 0 Å². The van der Waals surface area contributed by atoms with E-state index in [0.717, 1.165) is 23.0 Å². The van der Waals surface area contributed by atoms with Crippen LogP contribution < -0.4 is 9.47 Å². The predicted molar refractivity (Wildman–Crippen MR) is 130 cm³/mol. The third-order valence-corrected chi connectivity index (χ3v) is 8.55. The highest BCUT2D eigenvalue weighted by atomic mass is 31.1. The first-order chi connectivity index (χ1) is 15.4. The van der Waals surface area contributed by atoms with Crippen molar-refractivity contribution >= 4 is 39.3 Å². The lowest BCUT2D eigenvalue weighted by molar-refractivity contribution is 0.363. The van der Waals surface area contributed by atoms with Gasteiger partial charge in [0.25, 0.3) is 0 Å². The molecular formula is C28H17O2P. The lowest BCUT2D eigenvalue weighted by Crippen LogP contribution is -1.98. The molecule has 0 saturated carbocycles. The molecule has 1 atom stereocenters. The number of para-hydroxylation sites is 2. The molecule has 2 nitrogen and oxygen atoms in total. The minimum absolute atomic E-state index is 0.663. The van der Waals surface area contributed by atoms with Crippen LogP contribution in [-0.2, 0) is 0 Å². The van der Waals surface area contributed by atoms with Crippen molar-refractivity contribution in [3.8, 4) is 28.3 Å². The smallest absolute Gasteiger partial charge is 0.178 e. The van der Waals surface area contributed by atoms with Gasteiger partial charge in [0.05, 0.1) is 0 Å².